The second-order valence-electron chi connectivity index (χ2n) is 7.29. The zero-order valence-corrected chi connectivity index (χ0v) is 19.6. The van der Waals surface area contributed by atoms with Gasteiger partial charge in [0.2, 0.25) is 12.4 Å². The minimum atomic E-state index is -1.78. The first kappa shape index (κ1) is 28.0. The highest BCUT2D eigenvalue weighted by Gasteiger charge is 2.54. The van der Waals surface area contributed by atoms with Crippen LogP contribution in [0.5, 0.6) is 5.75 Å². The van der Waals surface area contributed by atoms with E-state index >= 15 is 0 Å². The molecule has 15 heteroatoms. The van der Waals surface area contributed by atoms with E-state index in [9.17, 15) is 34.1 Å². The number of carbonyl (C=O) groups excluding carboxylic acids is 5. The molecule has 1 aliphatic heterocycles. The summed E-state index contributed by atoms with van der Waals surface area (Å²) >= 11 is 0. The van der Waals surface area contributed by atoms with Crippen LogP contribution in [0.25, 0.3) is 0 Å². The molecular weight excluding hydrogens is 490 g/mol. The van der Waals surface area contributed by atoms with E-state index in [-0.39, 0.29) is 11.4 Å². The van der Waals surface area contributed by atoms with Gasteiger partial charge in [0.15, 0.2) is 12.2 Å². The summed E-state index contributed by atoms with van der Waals surface area (Å²) in [7, 11) is 0. The first-order valence-corrected chi connectivity index (χ1v) is 10.3. The van der Waals surface area contributed by atoms with Gasteiger partial charge in [0.1, 0.15) is 18.5 Å². The number of hydrogen-bond donors (Lipinski definition) is 0. The van der Waals surface area contributed by atoms with Crippen LogP contribution in [0, 0.1) is 10.1 Å². The van der Waals surface area contributed by atoms with Crippen LogP contribution in [0.4, 0.5) is 10.5 Å². The molecule has 5 atom stereocenters. The number of esters is 4. The number of non-ortho nitro benzene ring substituents is 1. The lowest BCUT2D eigenvalue weighted by molar-refractivity contribution is -0.384. The fourth-order valence-corrected chi connectivity index (χ4v) is 3.13. The summed E-state index contributed by atoms with van der Waals surface area (Å²) in [5.41, 5.74) is -0.254. The van der Waals surface area contributed by atoms with Crippen molar-refractivity contribution in [3.05, 3.63) is 34.4 Å². The highest BCUT2D eigenvalue weighted by atomic mass is 16.8. The average Bonchev–Trinajstić information content (AvgIpc) is 2.76. The Morgan fingerprint density at radius 2 is 1.33 bits per heavy atom. The van der Waals surface area contributed by atoms with Crippen LogP contribution in [0.2, 0.25) is 0 Å². The van der Waals surface area contributed by atoms with Crippen LogP contribution in [0.15, 0.2) is 24.3 Å². The minimum absolute atomic E-state index is 0.128. The maximum absolute atomic E-state index is 12.4. The van der Waals surface area contributed by atoms with Gasteiger partial charge in [-0.05, 0) is 12.1 Å². The first-order chi connectivity index (χ1) is 16.9. The van der Waals surface area contributed by atoms with Crippen molar-refractivity contribution in [2.75, 3.05) is 6.61 Å². The maximum Gasteiger partial charge on any atom is 0.516 e. The topological polar surface area (TPSA) is 193 Å². The molecule has 0 aliphatic carbocycles. The van der Waals surface area contributed by atoms with Gasteiger partial charge >= 0.3 is 30.0 Å². The Morgan fingerprint density at radius 1 is 0.806 bits per heavy atom. The molecular formula is C21H23NO14. The molecule has 1 aromatic rings. The van der Waals surface area contributed by atoms with Crippen molar-refractivity contribution in [1.29, 1.82) is 0 Å². The zero-order chi connectivity index (χ0) is 27.0. The molecule has 1 saturated heterocycles. The number of benzene rings is 1. The molecule has 0 saturated carbocycles. The summed E-state index contributed by atoms with van der Waals surface area (Å²) in [6.45, 7) is 3.69. The van der Waals surface area contributed by atoms with Crippen LogP contribution in [0.1, 0.15) is 27.7 Å². The van der Waals surface area contributed by atoms with Crippen molar-refractivity contribution in [3.63, 3.8) is 0 Å². The van der Waals surface area contributed by atoms with Gasteiger partial charge in [-0.15, -0.1) is 0 Å². The Morgan fingerprint density at radius 3 is 1.83 bits per heavy atom. The lowest BCUT2D eigenvalue weighted by Gasteiger charge is -2.43. The molecule has 15 nitrogen and oxygen atoms in total. The molecule has 1 unspecified atom stereocenters. The molecule has 36 heavy (non-hydrogen) atoms. The fraction of sp³-hybridized carbons (Fsp3) is 0.476. The van der Waals surface area contributed by atoms with Gasteiger partial charge in [0.25, 0.3) is 5.69 Å². The standard InChI is InChI=1S/C21H23NO14/c1-10(23)30-9-16-17(31-11(2)24)18(32-12(3)25)19(33-13(4)26)20(35-16)36-21(27)34-15-7-5-14(6-8-15)22(28)29/h5-8,16-20H,9H2,1-4H3/t16-,17-,18+,19-,20?/m1/s1. The monoisotopic (exact) mass is 513 g/mol. The van der Waals surface area contributed by atoms with Crippen molar-refractivity contribution in [2.24, 2.45) is 0 Å². The highest BCUT2D eigenvalue weighted by molar-refractivity contribution is 5.69. The average molecular weight is 513 g/mol. The lowest BCUT2D eigenvalue weighted by Crippen LogP contribution is -2.63. The molecule has 0 spiro atoms. The first-order valence-electron chi connectivity index (χ1n) is 10.3. The van der Waals surface area contributed by atoms with Crippen LogP contribution >= 0.6 is 0 Å². The van der Waals surface area contributed by atoms with E-state index in [1.807, 2.05) is 0 Å². The Kier molecular flexibility index (Phi) is 9.66. The third kappa shape index (κ3) is 8.19. The number of ether oxygens (including phenoxy) is 7. The summed E-state index contributed by atoms with van der Waals surface area (Å²) in [4.78, 5) is 69.1. The number of nitro groups is 1. The Labute approximate surface area is 203 Å². The minimum Gasteiger partial charge on any atom is -0.463 e. The fourth-order valence-electron chi connectivity index (χ4n) is 3.13. The lowest BCUT2D eigenvalue weighted by atomic mass is 9.98. The van der Waals surface area contributed by atoms with Crippen LogP contribution in [0.3, 0.4) is 0 Å². The summed E-state index contributed by atoms with van der Waals surface area (Å²) in [5, 5.41) is 10.8. The molecule has 0 aromatic heterocycles. The Balaban J connectivity index is 2.33. The maximum atomic E-state index is 12.4. The van der Waals surface area contributed by atoms with Crippen LogP contribution in [-0.2, 0) is 47.6 Å². The van der Waals surface area contributed by atoms with Gasteiger partial charge in [0.05, 0.1) is 4.92 Å². The third-order valence-electron chi connectivity index (χ3n) is 4.41. The largest absolute Gasteiger partial charge is 0.516 e. The quantitative estimate of drug-likeness (QED) is 0.158. The smallest absolute Gasteiger partial charge is 0.463 e. The van der Waals surface area contributed by atoms with Crippen molar-refractivity contribution in [2.45, 2.75) is 58.4 Å². The zero-order valence-electron chi connectivity index (χ0n) is 19.6. The molecule has 196 valence electrons. The van der Waals surface area contributed by atoms with Gasteiger partial charge in [0, 0.05) is 39.8 Å². The third-order valence-corrected chi connectivity index (χ3v) is 4.41. The summed E-state index contributed by atoms with van der Waals surface area (Å²) in [6.07, 6.45) is -9.09. The number of carbonyl (C=O) groups is 5. The van der Waals surface area contributed by atoms with Gasteiger partial charge < -0.3 is 33.2 Å². The molecule has 0 N–H and O–H groups in total. The number of nitro benzene ring substituents is 1. The summed E-state index contributed by atoms with van der Waals surface area (Å²) in [6, 6.07) is 4.42. The van der Waals surface area contributed by atoms with Gasteiger partial charge in [-0.25, -0.2) is 4.79 Å². The number of hydrogen-bond acceptors (Lipinski definition) is 14. The van der Waals surface area contributed by atoms with Crippen LogP contribution < -0.4 is 4.74 Å². The molecule has 0 bridgehead atoms. The number of nitrogens with zero attached hydrogens (tertiary/aromatic N) is 1. The van der Waals surface area contributed by atoms with E-state index in [2.05, 4.69) is 0 Å². The van der Waals surface area contributed by atoms with Crippen molar-refractivity contribution < 1.29 is 62.1 Å². The van der Waals surface area contributed by atoms with E-state index in [0.29, 0.717) is 0 Å². The summed E-state index contributed by atoms with van der Waals surface area (Å²) in [5.74, 6) is -3.43. The van der Waals surface area contributed by atoms with E-state index in [1.165, 1.54) is 0 Å². The van der Waals surface area contributed by atoms with E-state index in [4.69, 9.17) is 33.2 Å². The van der Waals surface area contributed by atoms with Gasteiger partial charge in [-0.2, -0.15) is 0 Å². The molecule has 2 rings (SSSR count). The van der Waals surface area contributed by atoms with E-state index in [1.54, 1.807) is 0 Å². The summed E-state index contributed by atoms with van der Waals surface area (Å²) < 4.78 is 36.1. The Hall–Kier alpha value is -4.27. The SMILES string of the molecule is CC(=O)OC[C@H]1OC(OC(=O)Oc2ccc([N+](=O)[O-])cc2)[C@H](OC(C)=O)[C@@H](OC(C)=O)[C@@H]1OC(C)=O. The predicted molar refractivity (Wildman–Crippen MR) is 112 cm³/mol. The molecule has 0 radical (unpaired) electrons. The number of rotatable bonds is 8. The molecule has 0 amide bonds. The van der Waals surface area contributed by atoms with Crippen molar-refractivity contribution in [3.8, 4) is 5.75 Å². The predicted octanol–water partition coefficient (Wildman–Crippen LogP) is 1.19. The normalized spacial score (nSPS) is 22.9. The molecule has 1 aromatic carbocycles. The highest BCUT2D eigenvalue weighted by Crippen LogP contribution is 2.30. The van der Waals surface area contributed by atoms with Gasteiger partial charge in [-0.1, -0.05) is 0 Å². The van der Waals surface area contributed by atoms with E-state index < -0.39 is 72.3 Å². The van der Waals surface area contributed by atoms with Crippen molar-refractivity contribution >= 4 is 35.7 Å². The van der Waals surface area contributed by atoms with Crippen molar-refractivity contribution in [1.82, 2.24) is 0 Å². The van der Waals surface area contributed by atoms with E-state index in [0.717, 1.165) is 52.0 Å². The van der Waals surface area contributed by atoms with Gasteiger partial charge in [-0.3, -0.25) is 29.3 Å². The van der Waals surface area contributed by atoms with Crippen LogP contribution in [-0.4, -0.2) is 72.3 Å². The second kappa shape index (κ2) is 12.4. The molecule has 1 fully saturated rings. The Bertz CT molecular complexity index is 1010. The second-order valence-corrected chi connectivity index (χ2v) is 7.29. The molecule has 1 aliphatic rings. The molecule has 1 heterocycles.